The number of hydrogen-bond donors (Lipinski definition) is 3. The number of aromatic nitrogens is 4. The van der Waals surface area contributed by atoms with E-state index >= 15 is 0 Å². The molecule has 3 aromatic carbocycles. The van der Waals surface area contributed by atoms with Gasteiger partial charge in [-0.3, -0.25) is 14.4 Å². The Morgan fingerprint density at radius 1 is 0.956 bits per heavy atom. The van der Waals surface area contributed by atoms with Crippen molar-refractivity contribution in [3.05, 3.63) is 95.5 Å². The lowest BCUT2D eigenvalue weighted by molar-refractivity contribution is -0.137. The van der Waals surface area contributed by atoms with Crippen LogP contribution in [-0.4, -0.2) is 55.5 Å². The highest BCUT2D eigenvalue weighted by atomic mass is 35.5. The van der Waals surface area contributed by atoms with Gasteiger partial charge in [-0.2, -0.15) is 4.68 Å². The molecule has 1 unspecified atom stereocenters. The Labute approximate surface area is 261 Å². The number of halogens is 1. The number of furan rings is 1. The molecule has 3 N–H and O–H groups in total. The van der Waals surface area contributed by atoms with Crippen LogP contribution in [0, 0.1) is 0 Å². The zero-order valence-corrected chi connectivity index (χ0v) is 25.2. The molecule has 0 saturated heterocycles. The van der Waals surface area contributed by atoms with Gasteiger partial charge in [-0.05, 0) is 79.2 Å². The molecule has 0 aliphatic heterocycles. The van der Waals surface area contributed by atoms with Gasteiger partial charge < -0.3 is 25.1 Å². The second kappa shape index (κ2) is 13.0. The molecule has 3 amide bonds. The van der Waals surface area contributed by atoms with Crippen LogP contribution >= 0.6 is 11.6 Å². The van der Waals surface area contributed by atoms with Gasteiger partial charge in [-0.25, -0.2) is 4.79 Å². The Morgan fingerprint density at radius 2 is 1.73 bits per heavy atom. The van der Waals surface area contributed by atoms with E-state index in [1.54, 1.807) is 75.4 Å². The molecule has 0 saturated carbocycles. The number of tetrazole rings is 1. The number of carbonyl (C=O) groups excluding carboxylic acids is 4. The molecule has 2 heterocycles. The average molecular weight is 630 g/mol. The van der Waals surface area contributed by atoms with Crippen LogP contribution in [0.5, 0.6) is 0 Å². The van der Waals surface area contributed by atoms with Crippen LogP contribution < -0.4 is 16.0 Å². The summed E-state index contributed by atoms with van der Waals surface area (Å²) >= 11 is 6.12. The minimum atomic E-state index is -1.14. The minimum Gasteiger partial charge on any atom is -0.454 e. The summed E-state index contributed by atoms with van der Waals surface area (Å²) < 4.78 is 12.3. The Balaban J connectivity index is 1.33. The van der Waals surface area contributed by atoms with Crippen LogP contribution in [0.4, 0.5) is 11.4 Å². The third-order valence-electron chi connectivity index (χ3n) is 6.30. The molecule has 230 valence electrons. The smallest absolute Gasteiger partial charge is 0.374 e. The molecule has 0 radical (unpaired) electrons. The number of anilines is 2. The standard InChI is InChI=1S/C31H28ClN7O6/c1-31(2,3)45-30(43)26-15-19-14-21(10-12-25(19)44-26)34-27(40)23(13-18-7-5-4-6-8-18)36-29(42)28(41)35-22-16-20(32)9-11-24(22)39-17-33-37-38-39/h4-12,14-17,23H,13H2,1-3H3,(H,34,40)(H,35,41)(H,36,42). The third kappa shape index (κ3) is 7.89. The Morgan fingerprint density at radius 3 is 2.44 bits per heavy atom. The maximum atomic E-state index is 13.5. The summed E-state index contributed by atoms with van der Waals surface area (Å²) in [6.07, 6.45) is 1.41. The van der Waals surface area contributed by atoms with Crippen molar-refractivity contribution in [3.8, 4) is 5.69 Å². The van der Waals surface area contributed by atoms with Crippen molar-refractivity contribution in [2.45, 2.75) is 38.8 Å². The second-order valence-electron chi connectivity index (χ2n) is 10.9. The van der Waals surface area contributed by atoms with E-state index in [0.29, 0.717) is 27.4 Å². The fraction of sp³-hybridized carbons (Fsp3) is 0.194. The monoisotopic (exact) mass is 629 g/mol. The maximum absolute atomic E-state index is 13.5. The number of benzene rings is 3. The van der Waals surface area contributed by atoms with Crippen LogP contribution in [0.3, 0.4) is 0 Å². The van der Waals surface area contributed by atoms with E-state index < -0.39 is 35.3 Å². The molecular weight excluding hydrogens is 602 g/mol. The van der Waals surface area contributed by atoms with Gasteiger partial charge in [0.15, 0.2) is 0 Å². The topological polar surface area (TPSA) is 170 Å². The molecule has 1 atom stereocenters. The van der Waals surface area contributed by atoms with Gasteiger partial charge in [0, 0.05) is 22.5 Å². The fourth-order valence-corrected chi connectivity index (χ4v) is 4.49. The molecule has 2 aromatic heterocycles. The first kappa shape index (κ1) is 30.9. The van der Waals surface area contributed by atoms with Gasteiger partial charge in [-0.1, -0.05) is 41.9 Å². The third-order valence-corrected chi connectivity index (χ3v) is 6.53. The van der Waals surface area contributed by atoms with E-state index in [2.05, 4.69) is 31.5 Å². The normalized spacial score (nSPS) is 11.9. The van der Waals surface area contributed by atoms with E-state index in [-0.39, 0.29) is 17.9 Å². The SMILES string of the molecule is CC(C)(C)OC(=O)c1cc2cc(NC(=O)C(Cc3ccccc3)NC(=O)C(=O)Nc3cc(Cl)ccc3-n3cnnn3)ccc2o1. The van der Waals surface area contributed by atoms with Crippen LogP contribution in [-0.2, 0) is 25.5 Å². The number of hydrogen-bond acceptors (Lipinski definition) is 9. The summed E-state index contributed by atoms with van der Waals surface area (Å²) in [7, 11) is 0. The Bertz CT molecular complexity index is 1870. The molecule has 5 rings (SSSR count). The van der Waals surface area contributed by atoms with E-state index in [4.69, 9.17) is 20.8 Å². The lowest BCUT2D eigenvalue weighted by atomic mass is 10.0. The highest BCUT2D eigenvalue weighted by Gasteiger charge is 2.26. The zero-order valence-electron chi connectivity index (χ0n) is 24.4. The second-order valence-corrected chi connectivity index (χ2v) is 11.4. The summed E-state index contributed by atoms with van der Waals surface area (Å²) in [5.74, 6) is -3.26. The number of ether oxygens (including phenoxy) is 1. The molecule has 14 heteroatoms. The number of rotatable bonds is 8. The molecule has 13 nitrogen and oxygen atoms in total. The largest absolute Gasteiger partial charge is 0.454 e. The number of fused-ring (bicyclic) bond motifs is 1. The summed E-state index contributed by atoms with van der Waals surface area (Å²) in [4.78, 5) is 52.0. The number of nitrogens with zero attached hydrogens (tertiary/aromatic N) is 4. The van der Waals surface area contributed by atoms with E-state index in [1.165, 1.54) is 23.1 Å². The Kier molecular flexibility index (Phi) is 8.91. The summed E-state index contributed by atoms with van der Waals surface area (Å²) in [5.41, 5.74) is 1.40. The molecule has 0 bridgehead atoms. The average Bonchev–Trinajstić information content (AvgIpc) is 3.67. The summed E-state index contributed by atoms with van der Waals surface area (Å²) in [6.45, 7) is 5.25. The molecule has 0 fully saturated rings. The van der Waals surface area contributed by atoms with Crippen molar-refractivity contribution in [2.24, 2.45) is 0 Å². The van der Waals surface area contributed by atoms with Gasteiger partial charge in [0.2, 0.25) is 11.7 Å². The van der Waals surface area contributed by atoms with Crippen molar-refractivity contribution >= 4 is 57.6 Å². The predicted molar refractivity (Wildman–Crippen MR) is 165 cm³/mol. The van der Waals surface area contributed by atoms with Gasteiger partial charge in [0.05, 0.1) is 11.4 Å². The number of amides is 3. The Hall–Kier alpha value is -5.56. The first-order valence-corrected chi connectivity index (χ1v) is 14.1. The highest BCUT2D eigenvalue weighted by molar-refractivity contribution is 6.40. The van der Waals surface area contributed by atoms with Gasteiger partial charge in [0.1, 0.15) is 23.6 Å². The summed E-state index contributed by atoms with van der Waals surface area (Å²) in [5, 5.41) is 19.6. The molecular formula is C31H28ClN7O6. The van der Waals surface area contributed by atoms with Crippen molar-refractivity contribution < 1.29 is 28.3 Å². The van der Waals surface area contributed by atoms with E-state index in [9.17, 15) is 19.2 Å². The van der Waals surface area contributed by atoms with Crippen molar-refractivity contribution in [1.29, 1.82) is 0 Å². The lowest BCUT2D eigenvalue weighted by Gasteiger charge is -2.19. The van der Waals surface area contributed by atoms with Crippen molar-refractivity contribution in [3.63, 3.8) is 0 Å². The predicted octanol–water partition coefficient (Wildman–Crippen LogP) is 4.32. The van der Waals surface area contributed by atoms with Crippen molar-refractivity contribution in [1.82, 2.24) is 25.5 Å². The van der Waals surface area contributed by atoms with Crippen molar-refractivity contribution in [2.75, 3.05) is 10.6 Å². The summed E-state index contributed by atoms with van der Waals surface area (Å²) in [6, 6.07) is 18.8. The van der Waals surface area contributed by atoms with Gasteiger partial charge in [-0.15, -0.1) is 5.10 Å². The quantitative estimate of drug-likeness (QED) is 0.167. The van der Waals surface area contributed by atoms with Gasteiger partial charge in [0.25, 0.3) is 0 Å². The first-order chi connectivity index (χ1) is 21.4. The molecule has 0 aliphatic carbocycles. The first-order valence-electron chi connectivity index (χ1n) is 13.7. The molecule has 5 aromatic rings. The zero-order chi connectivity index (χ0) is 32.1. The minimum absolute atomic E-state index is 0.0200. The fourth-order valence-electron chi connectivity index (χ4n) is 4.32. The van der Waals surface area contributed by atoms with Crippen LogP contribution in [0.15, 0.2) is 83.5 Å². The van der Waals surface area contributed by atoms with E-state index in [1.807, 2.05) is 6.07 Å². The maximum Gasteiger partial charge on any atom is 0.374 e. The highest BCUT2D eigenvalue weighted by Crippen LogP contribution is 2.26. The number of esters is 1. The van der Waals surface area contributed by atoms with Crippen LogP contribution in [0.1, 0.15) is 36.9 Å². The van der Waals surface area contributed by atoms with Gasteiger partial charge >= 0.3 is 17.8 Å². The molecule has 0 aliphatic rings. The van der Waals surface area contributed by atoms with Crippen LogP contribution in [0.25, 0.3) is 16.7 Å². The molecule has 0 spiro atoms. The van der Waals surface area contributed by atoms with E-state index in [0.717, 1.165) is 5.56 Å². The number of nitrogens with one attached hydrogen (secondary N) is 3. The van der Waals surface area contributed by atoms with Crippen LogP contribution in [0.2, 0.25) is 5.02 Å². The number of carbonyl (C=O) groups is 4. The lowest BCUT2D eigenvalue weighted by Crippen LogP contribution is -2.49. The molecule has 45 heavy (non-hydrogen) atoms.